The summed E-state index contributed by atoms with van der Waals surface area (Å²) in [6.45, 7) is 3.85. The molecule has 1 N–H and O–H groups in total. The van der Waals surface area contributed by atoms with Crippen LogP contribution in [0, 0.1) is 11.3 Å². The normalized spacial score (nSPS) is 10.2. The van der Waals surface area contributed by atoms with Crippen LogP contribution < -0.4 is 5.32 Å². The third-order valence-corrected chi connectivity index (χ3v) is 3.82. The molecule has 1 aromatic carbocycles. The first kappa shape index (κ1) is 12.8. The average molecular weight is 256 g/mol. The molecule has 0 aliphatic heterocycles. The fourth-order valence-corrected chi connectivity index (χ4v) is 2.53. The van der Waals surface area contributed by atoms with E-state index in [1.165, 1.54) is 16.0 Å². The van der Waals surface area contributed by atoms with E-state index in [1.807, 2.05) is 12.1 Å². The second-order valence-electron chi connectivity index (χ2n) is 4.15. The number of nitrogens with zero attached hydrogens (tertiary/aromatic N) is 1. The van der Waals surface area contributed by atoms with Crippen molar-refractivity contribution in [2.75, 3.05) is 0 Å². The Morgan fingerprint density at radius 2 is 1.78 bits per heavy atom. The van der Waals surface area contributed by atoms with Gasteiger partial charge in [0, 0.05) is 18.0 Å². The highest BCUT2D eigenvalue weighted by molar-refractivity contribution is 7.12. The van der Waals surface area contributed by atoms with Crippen molar-refractivity contribution in [1.29, 1.82) is 5.26 Å². The van der Waals surface area contributed by atoms with E-state index in [0.717, 1.165) is 24.4 Å². The van der Waals surface area contributed by atoms with Gasteiger partial charge in [0.25, 0.3) is 0 Å². The summed E-state index contributed by atoms with van der Waals surface area (Å²) in [6.07, 6.45) is 1.08. The monoisotopic (exact) mass is 256 g/mol. The molecule has 0 aliphatic rings. The zero-order valence-electron chi connectivity index (χ0n) is 10.4. The standard InChI is InChI=1S/C15H16N2S/c1-2-12-3-5-13(6-4-12)10-17-11-15-8-7-14(9-16)18-15/h3-8,17H,2,10-11H2,1H3. The summed E-state index contributed by atoms with van der Waals surface area (Å²) in [5.41, 5.74) is 2.67. The Hall–Kier alpha value is -1.63. The Morgan fingerprint density at radius 3 is 2.39 bits per heavy atom. The van der Waals surface area contributed by atoms with E-state index < -0.39 is 0 Å². The number of rotatable bonds is 5. The summed E-state index contributed by atoms with van der Waals surface area (Å²) in [7, 11) is 0. The van der Waals surface area contributed by atoms with Gasteiger partial charge in [0.2, 0.25) is 0 Å². The van der Waals surface area contributed by atoms with Crippen LogP contribution in [0.2, 0.25) is 0 Å². The molecule has 0 spiro atoms. The van der Waals surface area contributed by atoms with Crippen LogP contribution in [0.5, 0.6) is 0 Å². The smallest absolute Gasteiger partial charge is 0.110 e. The van der Waals surface area contributed by atoms with E-state index in [-0.39, 0.29) is 0 Å². The Kier molecular flexibility index (Phi) is 4.52. The summed E-state index contributed by atoms with van der Waals surface area (Å²) in [4.78, 5) is 1.98. The van der Waals surface area contributed by atoms with Gasteiger partial charge in [-0.15, -0.1) is 11.3 Å². The molecular weight excluding hydrogens is 240 g/mol. The zero-order valence-corrected chi connectivity index (χ0v) is 11.3. The highest BCUT2D eigenvalue weighted by atomic mass is 32.1. The molecule has 2 rings (SSSR count). The second-order valence-corrected chi connectivity index (χ2v) is 5.32. The van der Waals surface area contributed by atoms with Crippen molar-refractivity contribution in [3.63, 3.8) is 0 Å². The predicted molar refractivity (Wildman–Crippen MR) is 75.4 cm³/mol. The lowest BCUT2D eigenvalue weighted by atomic mass is 10.1. The first-order chi connectivity index (χ1) is 8.81. The number of hydrogen-bond acceptors (Lipinski definition) is 3. The Balaban J connectivity index is 1.82. The summed E-state index contributed by atoms with van der Waals surface area (Å²) >= 11 is 1.55. The van der Waals surface area contributed by atoms with E-state index in [9.17, 15) is 0 Å². The van der Waals surface area contributed by atoms with Gasteiger partial charge >= 0.3 is 0 Å². The van der Waals surface area contributed by atoms with Crippen molar-refractivity contribution in [3.8, 4) is 6.07 Å². The maximum absolute atomic E-state index is 8.74. The molecule has 0 saturated heterocycles. The Bertz CT molecular complexity index is 534. The lowest BCUT2D eigenvalue weighted by molar-refractivity contribution is 0.701. The summed E-state index contributed by atoms with van der Waals surface area (Å²) < 4.78 is 0. The molecular formula is C15H16N2S. The quantitative estimate of drug-likeness (QED) is 0.889. The number of benzene rings is 1. The lowest BCUT2D eigenvalue weighted by Crippen LogP contribution is -2.11. The second kappa shape index (κ2) is 6.34. The average Bonchev–Trinajstić information content (AvgIpc) is 2.87. The molecule has 1 heterocycles. The summed E-state index contributed by atoms with van der Waals surface area (Å²) in [5, 5.41) is 12.1. The van der Waals surface area contributed by atoms with Crippen molar-refractivity contribution in [1.82, 2.24) is 5.32 Å². The molecule has 3 heteroatoms. The van der Waals surface area contributed by atoms with Gasteiger partial charge in [0.15, 0.2) is 0 Å². The largest absolute Gasteiger partial charge is 0.308 e. The van der Waals surface area contributed by atoms with E-state index in [4.69, 9.17) is 5.26 Å². The summed E-state index contributed by atoms with van der Waals surface area (Å²) in [5.74, 6) is 0. The fourth-order valence-electron chi connectivity index (χ4n) is 1.76. The van der Waals surface area contributed by atoms with Gasteiger partial charge in [0.05, 0.1) is 0 Å². The van der Waals surface area contributed by atoms with Crippen LogP contribution in [-0.2, 0) is 19.5 Å². The number of thiophene rings is 1. The van der Waals surface area contributed by atoms with Crippen molar-refractivity contribution < 1.29 is 0 Å². The van der Waals surface area contributed by atoms with Crippen LogP contribution in [-0.4, -0.2) is 0 Å². The van der Waals surface area contributed by atoms with E-state index in [0.29, 0.717) is 0 Å². The Morgan fingerprint density at radius 1 is 1.06 bits per heavy atom. The molecule has 0 unspecified atom stereocenters. The zero-order chi connectivity index (χ0) is 12.8. The number of nitriles is 1. The van der Waals surface area contributed by atoms with E-state index >= 15 is 0 Å². The van der Waals surface area contributed by atoms with Gasteiger partial charge in [-0.2, -0.15) is 5.26 Å². The molecule has 0 aliphatic carbocycles. The van der Waals surface area contributed by atoms with Crippen LogP contribution >= 0.6 is 11.3 Å². The van der Waals surface area contributed by atoms with E-state index in [2.05, 4.69) is 42.6 Å². The molecule has 18 heavy (non-hydrogen) atoms. The minimum atomic E-state index is 0.777. The van der Waals surface area contributed by atoms with E-state index in [1.54, 1.807) is 11.3 Å². The maximum atomic E-state index is 8.74. The summed E-state index contributed by atoms with van der Waals surface area (Å²) in [6, 6.07) is 14.7. The molecule has 0 atom stereocenters. The molecule has 0 radical (unpaired) electrons. The minimum Gasteiger partial charge on any atom is -0.308 e. The van der Waals surface area contributed by atoms with Crippen molar-refractivity contribution in [3.05, 3.63) is 57.3 Å². The minimum absolute atomic E-state index is 0.777. The highest BCUT2D eigenvalue weighted by Gasteiger charge is 1.99. The number of hydrogen-bond donors (Lipinski definition) is 1. The topological polar surface area (TPSA) is 35.8 Å². The van der Waals surface area contributed by atoms with Crippen LogP contribution in [0.15, 0.2) is 36.4 Å². The predicted octanol–water partition coefficient (Wildman–Crippen LogP) is 3.47. The van der Waals surface area contributed by atoms with Gasteiger partial charge in [0.1, 0.15) is 10.9 Å². The maximum Gasteiger partial charge on any atom is 0.110 e. The van der Waals surface area contributed by atoms with Crippen molar-refractivity contribution in [2.24, 2.45) is 0 Å². The van der Waals surface area contributed by atoms with Gasteiger partial charge in [-0.3, -0.25) is 0 Å². The Labute approximate surface area is 112 Å². The van der Waals surface area contributed by atoms with Gasteiger partial charge < -0.3 is 5.32 Å². The van der Waals surface area contributed by atoms with Crippen molar-refractivity contribution in [2.45, 2.75) is 26.4 Å². The fraction of sp³-hybridized carbons (Fsp3) is 0.267. The van der Waals surface area contributed by atoms with Gasteiger partial charge in [-0.25, -0.2) is 0 Å². The van der Waals surface area contributed by atoms with Crippen LogP contribution in [0.3, 0.4) is 0 Å². The van der Waals surface area contributed by atoms with Crippen molar-refractivity contribution >= 4 is 11.3 Å². The van der Waals surface area contributed by atoms with Gasteiger partial charge in [-0.1, -0.05) is 31.2 Å². The third kappa shape index (κ3) is 3.43. The van der Waals surface area contributed by atoms with Crippen LogP contribution in [0.25, 0.3) is 0 Å². The number of aryl methyl sites for hydroxylation is 1. The first-order valence-electron chi connectivity index (χ1n) is 6.09. The molecule has 92 valence electrons. The highest BCUT2D eigenvalue weighted by Crippen LogP contribution is 2.15. The van der Waals surface area contributed by atoms with Crippen LogP contribution in [0.1, 0.15) is 27.8 Å². The lowest BCUT2D eigenvalue weighted by Gasteiger charge is -2.04. The SMILES string of the molecule is CCc1ccc(CNCc2ccc(C#N)s2)cc1. The molecule has 0 bridgehead atoms. The van der Waals surface area contributed by atoms with Crippen LogP contribution in [0.4, 0.5) is 0 Å². The molecule has 0 amide bonds. The molecule has 0 saturated carbocycles. The molecule has 2 aromatic rings. The number of nitrogens with one attached hydrogen (secondary N) is 1. The molecule has 2 nitrogen and oxygen atoms in total. The molecule has 0 fully saturated rings. The first-order valence-corrected chi connectivity index (χ1v) is 6.91. The third-order valence-electron chi connectivity index (χ3n) is 2.83. The van der Waals surface area contributed by atoms with Gasteiger partial charge in [-0.05, 0) is 29.7 Å². The molecule has 1 aromatic heterocycles.